The third-order valence-corrected chi connectivity index (χ3v) is 2.31. The molecule has 0 saturated heterocycles. The maximum Gasteiger partial charge on any atom is 0.356 e. The smallest absolute Gasteiger partial charge is 0.356 e. The Morgan fingerprint density at radius 2 is 2.17 bits per heavy atom. The molecule has 0 atom stereocenters. The molecule has 0 amide bonds. The lowest BCUT2D eigenvalue weighted by molar-refractivity contribution is 0.0691. The first kappa shape index (κ1) is 12.0. The van der Waals surface area contributed by atoms with E-state index < -0.39 is 23.4 Å². The molecule has 18 heavy (non-hydrogen) atoms. The van der Waals surface area contributed by atoms with E-state index in [2.05, 4.69) is 9.72 Å². The Morgan fingerprint density at radius 1 is 1.44 bits per heavy atom. The van der Waals surface area contributed by atoms with Crippen molar-refractivity contribution in [2.45, 2.75) is 0 Å². The Balaban J connectivity index is 2.53. The van der Waals surface area contributed by atoms with Crippen molar-refractivity contribution in [2.75, 3.05) is 7.11 Å². The monoisotopic (exact) mass is 254 g/mol. The zero-order valence-corrected chi connectivity index (χ0v) is 9.22. The molecule has 2 rings (SSSR count). The number of carbonyl (C=O) groups is 1. The van der Waals surface area contributed by atoms with Crippen LogP contribution in [-0.2, 0) is 0 Å². The number of halogens is 2. The summed E-state index contributed by atoms with van der Waals surface area (Å²) >= 11 is 0. The summed E-state index contributed by atoms with van der Waals surface area (Å²) in [6, 6.07) is 2.19. The van der Waals surface area contributed by atoms with Crippen molar-refractivity contribution < 1.29 is 23.4 Å². The standard InChI is InChI=1S/C11H8F2N2O3/c1-18-10-6(12)2-3-8(9(10)13)15-4-7(11(16)17)14-5-15/h2-5H,1H3,(H,16,17). The molecular weight excluding hydrogens is 246 g/mol. The number of imidazole rings is 1. The maximum atomic E-state index is 13.9. The quantitative estimate of drug-likeness (QED) is 0.907. The molecule has 0 aliphatic carbocycles. The van der Waals surface area contributed by atoms with Gasteiger partial charge in [0.2, 0.25) is 0 Å². The second-order valence-corrected chi connectivity index (χ2v) is 3.39. The summed E-state index contributed by atoms with van der Waals surface area (Å²) in [5, 5.41) is 8.70. The highest BCUT2D eigenvalue weighted by molar-refractivity contribution is 5.85. The Bertz CT molecular complexity index is 610. The lowest BCUT2D eigenvalue weighted by Crippen LogP contribution is -2.00. The Hall–Kier alpha value is -2.44. The van der Waals surface area contributed by atoms with Gasteiger partial charge in [-0.15, -0.1) is 0 Å². The summed E-state index contributed by atoms with van der Waals surface area (Å²) in [6.07, 6.45) is 2.25. The van der Waals surface area contributed by atoms with Gasteiger partial charge in [-0.1, -0.05) is 0 Å². The van der Waals surface area contributed by atoms with Crippen molar-refractivity contribution in [3.05, 3.63) is 42.0 Å². The minimum absolute atomic E-state index is 0.0479. The van der Waals surface area contributed by atoms with Gasteiger partial charge in [0.15, 0.2) is 23.1 Å². The van der Waals surface area contributed by atoms with Crippen LogP contribution in [0.2, 0.25) is 0 Å². The molecule has 2 aromatic rings. The van der Waals surface area contributed by atoms with Crippen LogP contribution in [0.5, 0.6) is 5.75 Å². The summed E-state index contributed by atoms with van der Waals surface area (Å²) in [5.41, 5.74) is -0.286. The first-order valence-electron chi connectivity index (χ1n) is 4.84. The second kappa shape index (κ2) is 4.44. The van der Waals surface area contributed by atoms with E-state index in [1.54, 1.807) is 0 Å². The van der Waals surface area contributed by atoms with E-state index in [0.29, 0.717) is 0 Å². The molecule has 0 bridgehead atoms. The number of aromatic carboxylic acids is 1. The zero-order chi connectivity index (χ0) is 13.3. The average molecular weight is 254 g/mol. The lowest BCUT2D eigenvalue weighted by Gasteiger charge is -2.08. The molecule has 94 valence electrons. The van der Waals surface area contributed by atoms with Crippen molar-refractivity contribution in [2.24, 2.45) is 0 Å². The minimum Gasteiger partial charge on any atom is -0.491 e. The highest BCUT2D eigenvalue weighted by Gasteiger charge is 2.16. The molecular formula is C11H8F2N2O3. The van der Waals surface area contributed by atoms with Crippen LogP contribution in [-0.4, -0.2) is 27.7 Å². The molecule has 1 aromatic heterocycles. The molecule has 0 unspecified atom stereocenters. The highest BCUT2D eigenvalue weighted by Crippen LogP contribution is 2.26. The molecule has 0 aliphatic rings. The SMILES string of the molecule is COc1c(F)ccc(-n2cnc(C(=O)O)c2)c1F. The molecule has 1 N–H and O–H groups in total. The second-order valence-electron chi connectivity index (χ2n) is 3.39. The predicted octanol–water partition coefficient (Wildman–Crippen LogP) is 1.86. The third kappa shape index (κ3) is 1.90. The van der Waals surface area contributed by atoms with Crippen LogP contribution in [0.15, 0.2) is 24.7 Å². The normalized spacial score (nSPS) is 10.4. The molecule has 0 radical (unpaired) electrons. The van der Waals surface area contributed by atoms with Crippen LogP contribution in [0.4, 0.5) is 8.78 Å². The van der Waals surface area contributed by atoms with Gasteiger partial charge in [0.25, 0.3) is 0 Å². The van der Waals surface area contributed by atoms with E-state index in [1.165, 1.54) is 6.07 Å². The van der Waals surface area contributed by atoms with Gasteiger partial charge < -0.3 is 14.4 Å². The fraction of sp³-hybridized carbons (Fsp3) is 0.0909. The number of aromatic nitrogens is 2. The number of benzene rings is 1. The van der Waals surface area contributed by atoms with Crippen molar-refractivity contribution in [1.29, 1.82) is 0 Å². The number of rotatable bonds is 3. The van der Waals surface area contributed by atoms with Crippen LogP contribution >= 0.6 is 0 Å². The van der Waals surface area contributed by atoms with Gasteiger partial charge in [-0.3, -0.25) is 0 Å². The predicted molar refractivity (Wildman–Crippen MR) is 57.0 cm³/mol. The van der Waals surface area contributed by atoms with Crippen LogP contribution < -0.4 is 4.74 Å². The number of hydrogen-bond acceptors (Lipinski definition) is 3. The number of carboxylic acids is 1. The van der Waals surface area contributed by atoms with Gasteiger partial charge in [0, 0.05) is 6.20 Å². The van der Waals surface area contributed by atoms with Gasteiger partial charge >= 0.3 is 5.97 Å². The Morgan fingerprint density at radius 3 is 2.72 bits per heavy atom. The molecule has 0 spiro atoms. The van der Waals surface area contributed by atoms with E-state index in [-0.39, 0.29) is 11.4 Å². The van der Waals surface area contributed by atoms with Crippen molar-refractivity contribution >= 4 is 5.97 Å². The van der Waals surface area contributed by atoms with Crippen molar-refractivity contribution in [3.63, 3.8) is 0 Å². The molecule has 5 nitrogen and oxygen atoms in total. The lowest BCUT2D eigenvalue weighted by atomic mass is 10.2. The summed E-state index contributed by atoms with van der Waals surface area (Å²) in [5.74, 6) is -3.52. The molecule has 7 heteroatoms. The topological polar surface area (TPSA) is 64.4 Å². The van der Waals surface area contributed by atoms with Gasteiger partial charge in [0.05, 0.1) is 12.8 Å². The number of ether oxygens (including phenoxy) is 1. The van der Waals surface area contributed by atoms with E-state index in [9.17, 15) is 13.6 Å². The Kier molecular flexibility index (Phi) is 2.97. The summed E-state index contributed by atoms with van der Waals surface area (Å²) in [4.78, 5) is 14.2. The zero-order valence-electron chi connectivity index (χ0n) is 9.22. The van der Waals surface area contributed by atoms with Crippen LogP contribution in [0.25, 0.3) is 5.69 Å². The largest absolute Gasteiger partial charge is 0.491 e. The number of methoxy groups -OCH3 is 1. The van der Waals surface area contributed by atoms with E-state index >= 15 is 0 Å². The van der Waals surface area contributed by atoms with Gasteiger partial charge in [0.1, 0.15) is 6.33 Å². The third-order valence-electron chi connectivity index (χ3n) is 2.31. The van der Waals surface area contributed by atoms with Gasteiger partial charge in [-0.05, 0) is 12.1 Å². The summed E-state index contributed by atoms with van der Waals surface area (Å²) in [6.45, 7) is 0. The van der Waals surface area contributed by atoms with Gasteiger partial charge in [-0.25, -0.2) is 18.6 Å². The van der Waals surface area contributed by atoms with Gasteiger partial charge in [-0.2, -0.15) is 0 Å². The van der Waals surface area contributed by atoms with Crippen LogP contribution in [0.1, 0.15) is 10.5 Å². The van der Waals surface area contributed by atoms with Crippen LogP contribution in [0.3, 0.4) is 0 Å². The maximum absolute atomic E-state index is 13.9. The number of nitrogens with zero attached hydrogens (tertiary/aromatic N) is 2. The fourth-order valence-electron chi connectivity index (χ4n) is 1.47. The fourth-order valence-corrected chi connectivity index (χ4v) is 1.47. The first-order chi connectivity index (χ1) is 8.54. The first-order valence-corrected chi connectivity index (χ1v) is 4.84. The highest BCUT2D eigenvalue weighted by atomic mass is 19.1. The van der Waals surface area contributed by atoms with E-state index in [4.69, 9.17) is 5.11 Å². The molecule has 0 saturated carbocycles. The van der Waals surface area contributed by atoms with Crippen molar-refractivity contribution in [1.82, 2.24) is 9.55 Å². The Labute approximate surface area is 100 Å². The number of carboxylic acid groups (broad SMARTS) is 1. The molecule has 1 heterocycles. The van der Waals surface area contributed by atoms with E-state index in [0.717, 1.165) is 30.3 Å². The average Bonchev–Trinajstić information content (AvgIpc) is 2.79. The van der Waals surface area contributed by atoms with Crippen molar-refractivity contribution in [3.8, 4) is 11.4 Å². The minimum atomic E-state index is -1.23. The molecule has 0 fully saturated rings. The molecule has 1 aromatic carbocycles. The molecule has 0 aliphatic heterocycles. The summed E-state index contributed by atoms with van der Waals surface area (Å²) in [7, 11) is 1.14. The van der Waals surface area contributed by atoms with E-state index in [1.807, 2.05) is 0 Å². The number of hydrogen-bond donors (Lipinski definition) is 1. The van der Waals surface area contributed by atoms with Crippen LogP contribution in [0, 0.1) is 11.6 Å². The summed E-state index contributed by atoms with van der Waals surface area (Å²) < 4.78 is 32.8.